The van der Waals surface area contributed by atoms with Gasteiger partial charge in [0.05, 0.1) is 27.4 Å². The van der Waals surface area contributed by atoms with E-state index in [1.807, 2.05) is 6.07 Å². The number of aldehydes is 2. The Morgan fingerprint density at radius 2 is 1.39 bits per heavy atom. The summed E-state index contributed by atoms with van der Waals surface area (Å²) in [4.78, 5) is 31.4. The lowest BCUT2D eigenvalue weighted by Crippen LogP contribution is -2.13. The average Bonchev–Trinajstić information content (AvgIpc) is 3.16. The Labute approximate surface area is 292 Å². The summed E-state index contributed by atoms with van der Waals surface area (Å²) in [5.41, 5.74) is 3.59. The van der Waals surface area contributed by atoms with E-state index >= 15 is 0 Å². The third-order valence-corrected chi connectivity index (χ3v) is 8.41. The second-order valence-corrected chi connectivity index (χ2v) is 11.9. The number of hydrogen-bond acceptors (Lipinski definition) is 8. The van der Waals surface area contributed by atoms with Gasteiger partial charge in [-0.2, -0.15) is 0 Å². The SMILES string of the molecule is C=CC(=O)OCCCCCCOc1ccc(C=O)cc1.CCCC1CCC(c2ccc(OC)c(C=N)c2)CC1.COc1ccc(C=O)cc1. The van der Waals surface area contributed by atoms with Crippen LogP contribution in [0.4, 0.5) is 0 Å². The second kappa shape index (κ2) is 24.4. The van der Waals surface area contributed by atoms with E-state index < -0.39 is 0 Å². The molecule has 0 unspecified atom stereocenters. The highest BCUT2D eigenvalue weighted by Crippen LogP contribution is 2.38. The second-order valence-electron chi connectivity index (χ2n) is 11.9. The summed E-state index contributed by atoms with van der Waals surface area (Å²) >= 11 is 0. The molecule has 1 aliphatic rings. The van der Waals surface area contributed by atoms with E-state index in [4.69, 9.17) is 24.4 Å². The molecule has 3 aromatic carbocycles. The molecule has 8 nitrogen and oxygen atoms in total. The van der Waals surface area contributed by atoms with Crippen LogP contribution in [0.1, 0.15) is 109 Å². The molecule has 0 heterocycles. The van der Waals surface area contributed by atoms with Crippen molar-refractivity contribution in [3.8, 4) is 17.2 Å². The summed E-state index contributed by atoms with van der Waals surface area (Å²) in [7, 11) is 3.26. The lowest BCUT2D eigenvalue weighted by molar-refractivity contribution is -0.137. The minimum atomic E-state index is -0.368. The minimum Gasteiger partial charge on any atom is -0.497 e. The van der Waals surface area contributed by atoms with Crippen LogP contribution in [0.2, 0.25) is 0 Å². The molecule has 0 radical (unpaired) electrons. The molecule has 0 bridgehead atoms. The summed E-state index contributed by atoms with van der Waals surface area (Å²) in [5.74, 6) is 3.60. The monoisotopic (exact) mass is 671 g/mol. The van der Waals surface area contributed by atoms with Crippen molar-refractivity contribution in [1.82, 2.24) is 0 Å². The van der Waals surface area contributed by atoms with Gasteiger partial charge in [-0.05, 0) is 129 Å². The van der Waals surface area contributed by atoms with Gasteiger partial charge in [0.1, 0.15) is 29.8 Å². The first-order valence-electron chi connectivity index (χ1n) is 17.2. The Balaban J connectivity index is 0.000000269. The largest absolute Gasteiger partial charge is 0.497 e. The number of methoxy groups -OCH3 is 2. The van der Waals surface area contributed by atoms with Gasteiger partial charge in [-0.1, -0.05) is 32.4 Å². The van der Waals surface area contributed by atoms with E-state index in [1.165, 1.54) is 56.4 Å². The molecular weight excluding hydrogens is 618 g/mol. The van der Waals surface area contributed by atoms with Crippen LogP contribution >= 0.6 is 0 Å². The molecule has 1 N–H and O–H groups in total. The molecule has 0 saturated heterocycles. The van der Waals surface area contributed by atoms with Gasteiger partial charge in [0.25, 0.3) is 0 Å². The van der Waals surface area contributed by atoms with Crippen molar-refractivity contribution in [3.05, 3.63) is 102 Å². The lowest BCUT2D eigenvalue weighted by Gasteiger charge is -2.29. The number of benzene rings is 3. The number of ether oxygens (including phenoxy) is 4. The molecule has 49 heavy (non-hydrogen) atoms. The molecule has 4 rings (SSSR count). The van der Waals surface area contributed by atoms with E-state index in [0.29, 0.717) is 30.3 Å². The fraction of sp³-hybridized carbons (Fsp3) is 0.415. The van der Waals surface area contributed by atoms with E-state index in [-0.39, 0.29) is 5.97 Å². The van der Waals surface area contributed by atoms with E-state index in [9.17, 15) is 14.4 Å². The Morgan fingerprint density at radius 1 is 0.796 bits per heavy atom. The van der Waals surface area contributed by atoms with Gasteiger partial charge in [0, 0.05) is 29.0 Å². The normalized spacial score (nSPS) is 14.8. The third-order valence-electron chi connectivity index (χ3n) is 8.41. The van der Waals surface area contributed by atoms with Crippen molar-refractivity contribution in [2.45, 2.75) is 77.0 Å². The molecule has 1 fully saturated rings. The van der Waals surface area contributed by atoms with E-state index in [2.05, 4.69) is 25.6 Å². The van der Waals surface area contributed by atoms with Crippen molar-refractivity contribution in [3.63, 3.8) is 0 Å². The first-order valence-corrected chi connectivity index (χ1v) is 17.2. The maximum Gasteiger partial charge on any atom is 0.330 e. The number of rotatable bonds is 17. The highest BCUT2D eigenvalue weighted by molar-refractivity contribution is 5.82. The standard InChI is InChI=1S/C17H25NO.C16H20O4.C8H8O2/c1-3-4-13-5-7-14(8-6-13)15-9-10-17(19-2)16(11-15)12-18;1-2-16(18)20-12-6-4-3-5-11-19-15-9-7-14(13-17)8-10-15;1-10-8-4-2-7(6-9)3-5-8/h9-14,18H,3-8H2,1-2H3;2,7-10,13H,1,3-6,11-12H2;2-6H,1H3. The zero-order valence-corrected chi connectivity index (χ0v) is 29.4. The Kier molecular flexibility index (Phi) is 20.2. The van der Waals surface area contributed by atoms with E-state index in [1.54, 1.807) is 62.8 Å². The number of esters is 1. The van der Waals surface area contributed by atoms with E-state index in [0.717, 1.165) is 67.0 Å². The minimum absolute atomic E-state index is 0.368. The van der Waals surface area contributed by atoms with Gasteiger partial charge in [0.15, 0.2) is 0 Å². The van der Waals surface area contributed by atoms with Crippen LogP contribution in [0.25, 0.3) is 0 Å². The predicted molar refractivity (Wildman–Crippen MR) is 196 cm³/mol. The molecule has 0 aromatic heterocycles. The molecule has 0 amide bonds. The molecule has 8 heteroatoms. The Morgan fingerprint density at radius 3 is 1.90 bits per heavy atom. The Hall–Kier alpha value is -4.72. The number of nitrogens with one attached hydrogen (secondary N) is 1. The van der Waals surface area contributed by atoms with Gasteiger partial charge in [-0.3, -0.25) is 9.59 Å². The van der Waals surface area contributed by atoms with Crippen LogP contribution in [0, 0.1) is 11.3 Å². The van der Waals surface area contributed by atoms with Gasteiger partial charge in [0.2, 0.25) is 0 Å². The van der Waals surface area contributed by atoms with Gasteiger partial charge in [-0.25, -0.2) is 4.79 Å². The molecule has 1 aliphatic carbocycles. The smallest absolute Gasteiger partial charge is 0.330 e. The van der Waals surface area contributed by atoms with Crippen LogP contribution in [0.15, 0.2) is 79.4 Å². The summed E-state index contributed by atoms with van der Waals surface area (Å²) in [6.45, 7) is 6.70. The lowest BCUT2D eigenvalue weighted by atomic mass is 9.77. The van der Waals surface area contributed by atoms with Gasteiger partial charge in [-0.15, -0.1) is 0 Å². The molecule has 0 spiro atoms. The molecular formula is C41H53NO7. The van der Waals surface area contributed by atoms with Crippen LogP contribution in [0.3, 0.4) is 0 Å². The van der Waals surface area contributed by atoms with Crippen LogP contribution < -0.4 is 14.2 Å². The molecule has 3 aromatic rings. The van der Waals surface area contributed by atoms with Crippen LogP contribution in [-0.4, -0.2) is 52.2 Å². The van der Waals surface area contributed by atoms with Gasteiger partial charge >= 0.3 is 5.97 Å². The molecule has 1 saturated carbocycles. The maximum atomic E-state index is 10.8. The van der Waals surface area contributed by atoms with Crippen LogP contribution in [-0.2, 0) is 9.53 Å². The quantitative estimate of drug-likeness (QED) is 0.0500. The fourth-order valence-electron chi connectivity index (χ4n) is 5.62. The highest BCUT2D eigenvalue weighted by Gasteiger charge is 2.22. The number of carbonyl (C=O) groups excluding carboxylic acids is 3. The third kappa shape index (κ3) is 15.8. The summed E-state index contributed by atoms with van der Waals surface area (Å²) in [5, 5.41) is 7.48. The number of carbonyl (C=O) groups is 3. The average molecular weight is 672 g/mol. The van der Waals surface area contributed by atoms with Crippen molar-refractivity contribution >= 4 is 24.8 Å². The van der Waals surface area contributed by atoms with Crippen LogP contribution in [0.5, 0.6) is 17.2 Å². The predicted octanol–water partition coefficient (Wildman–Crippen LogP) is 9.44. The summed E-state index contributed by atoms with van der Waals surface area (Å²) in [6, 6.07) is 20.3. The number of hydrogen-bond donors (Lipinski definition) is 1. The number of unbranched alkanes of at least 4 members (excludes halogenated alkanes) is 3. The maximum absolute atomic E-state index is 10.8. The first kappa shape index (κ1) is 40.5. The zero-order valence-electron chi connectivity index (χ0n) is 29.4. The zero-order chi connectivity index (χ0) is 35.7. The molecule has 264 valence electrons. The summed E-state index contributed by atoms with van der Waals surface area (Å²) < 4.78 is 20.6. The molecule has 0 atom stereocenters. The topological polar surface area (TPSA) is 112 Å². The highest BCUT2D eigenvalue weighted by atomic mass is 16.5. The van der Waals surface area contributed by atoms with Crippen molar-refractivity contribution in [2.75, 3.05) is 27.4 Å². The Bertz CT molecular complexity index is 1390. The van der Waals surface area contributed by atoms with Gasteiger partial charge < -0.3 is 24.4 Å². The van der Waals surface area contributed by atoms with Crippen molar-refractivity contribution in [2.24, 2.45) is 5.92 Å². The summed E-state index contributed by atoms with van der Waals surface area (Å²) in [6.07, 6.45) is 16.0. The molecule has 0 aliphatic heterocycles. The van der Waals surface area contributed by atoms with Crippen molar-refractivity contribution in [1.29, 1.82) is 5.41 Å². The first-order chi connectivity index (χ1) is 23.9. The van der Waals surface area contributed by atoms with Crippen molar-refractivity contribution < 1.29 is 33.3 Å². The fourth-order valence-corrected chi connectivity index (χ4v) is 5.62.